The van der Waals surface area contributed by atoms with E-state index in [4.69, 9.17) is 4.74 Å². The number of hydrogen-bond donors (Lipinski definition) is 0. The molecule has 120 valence electrons. The number of carbonyl (C=O) groups excluding carboxylic acids is 2. The van der Waals surface area contributed by atoms with E-state index in [1.54, 1.807) is 6.07 Å². The maximum Gasteiger partial charge on any atom is 0.310 e. The van der Waals surface area contributed by atoms with Gasteiger partial charge in [-0.15, -0.1) is 0 Å². The largest absolute Gasteiger partial charge is 0.460 e. The molecule has 2 rings (SSSR count). The second-order valence-electron chi connectivity index (χ2n) is 6.62. The van der Waals surface area contributed by atoms with Gasteiger partial charge >= 0.3 is 5.97 Å². The molecule has 0 N–H and O–H groups in total. The van der Waals surface area contributed by atoms with Gasteiger partial charge in [-0.05, 0) is 49.9 Å². The molecule has 0 spiro atoms. The molecule has 0 saturated heterocycles. The van der Waals surface area contributed by atoms with Crippen molar-refractivity contribution in [2.24, 2.45) is 0 Å². The SMILES string of the molecule is CC(C)(C)OC(=O)Cc1ccc(Cc2cccc(C=O)c2)cc1. The highest BCUT2D eigenvalue weighted by molar-refractivity contribution is 5.75. The summed E-state index contributed by atoms with van der Waals surface area (Å²) < 4.78 is 5.32. The van der Waals surface area contributed by atoms with Gasteiger partial charge in [-0.25, -0.2) is 0 Å². The first-order valence-electron chi connectivity index (χ1n) is 7.69. The molecule has 0 aromatic heterocycles. The summed E-state index contributed by atoms with van der Waals surface area (Å²) in [5.41, 5.74) is 3.39. The molecular weight excluding hydrogens is 288 g/mol. The number of carbonyl (C=O) groups is 2. The maximum atomic E-state index is 11.8. The minimum atomic E-state index is -0.458. The van der Waals surface area contributed by atoms with Crippen LogP contribution in [0.15, 0.2) is 48.5 Å². The van der Waals surface area contributed by atoms with Gasteiger partial charge in [0.1, 0.15) is 11.9 Å². The van der Waals surface area contributed by atoms with Crippen LogP contribution in [-0.4, -0.2) is 17.9 Å². The zero-order valence-corrected chi connectivity index (χ0v) is 13.8. The standard InChI is InChI=1S/C20H22O3/c1-20(2,3)23-19(22)13-16-9-7-15(8-10-16)11-17-5-4-6-18(12-17)14-21/h4-10,12,14H,11,13H2,1-3H3. The number of esters is 1. The first-order chi connectivity index (χ1) is 10.9. The lowest BCUT2D eigenvalue weighted by molar-refractivity contribution is -0.153. The lowest BCUT2D eigenvalue weighted by Gasteiger charge is -2.19. The molecule has 2 aromatic carbocycles. The van der Waals surface area contributed by atoms with Crippen molar-refractivity contribution in [3.63, 3.8) is 0 Å². The summed E-state index contributed by atoms with van der Waals surface area (Å²) >= 11 is 0. The zero-order chi connectivity index (χ0) is 16.9. The van der Waals surface area contributed by atoms with Gasteiger partial charge in [0.05, 0.1) is 6.42 Å². The number of ether oxygens (including phenoxy) is 1. The molecule has 0 bridgehead atoms. The zero-order valence-electron chi connectivity index (χ0n) is 13.8. The van der Waals surface area contributed by atoms with Gasteiger partial charge in [0.2, 0.25) is 0 Å². The van der Waals surface area contributed by atoms with Crippen LogP contribution in [0.4, 0.5) is 0 Å². The second-order valence-corrected chi connectivity index (χ2v) is 6.62. The summed E-state index contributed by atoms with van der Waals surface area (Å²) in [6.45, 7) is 5.59. The van der Waals surface area contributed by atoms with Crippen LogP contribution in [0.3, 0.4) is 0 Å². The molecule has 23 heavy (non-hydrogen) atoms. The molecule has 2 aromatic rings. The van der Waals surface area contributed by atoms with Crippen molar-refractivity contribution in [2.45, 2.75) is 39.2 Å². The molecule has 3 nitrogen and oxygen atoms in total. The Labute approximate surface area is 137 Å². The molecule has 0 atom stereocenters. The average molecular weight is 310 g/mol. The van der Waals surface area contributed by atoms with Crippen molar-refractivity contribution in [1.29, 1.82) is 0 Å². The Morgan fingerprint density at radius 1 is 1.00 bits per heavy atom. The van der Waals surface area contributed by atoms with E-state index < -0.39 is 5.60 Å². The van der Waals surface area contributed by atoms with Crippen molar-refractivity contribution in [3.8, 4) is 0 Å². The number of hydrogen-bond acceptors (Lipinski definition) is 3. The Balaban J connectivity index is 1.99. The van der Waals surface area contributed by atoms with Crippen LogP contribution in [0.1, 0.15) is 47.8 Å². The quantitative estimate of drug-likeness (QED) is 0.620. The fraction of sp³-hybridized carbons (Fsp3) is 0.300. The molecule has 0 saturated carbocycles. The number of benzene rings is 2. The van der Waals surface area contributed by atoms with E-state index in [-0.39, 0.29) is 12.4 Å². The summed E-state index contributed by atoms with van der Waals surface area (Å²) in [4.78, 5) is 22.6. The van der Waals surface area contributed by atoms with Gasteiger partial charge in [-0.3, -0.25) is 9.59 Å². The van der Waals surface area contributed by atoms with Crippen LogP contribution in [0.2, 0.25) is 0 Å². The maximum absolute atomic E-state index is 11.8. The molecule has 0 fully saturated rings. The lowest BCUT2D eigenvalue weighted by Crippen LogP contribution is -2.24. The highest BCUT2D eigenvalue weighted by Crippen LogP contribution is 2.14. The third kappa shape index (κ3) is 5.70. The molecule has 0 amide bonds. The Hall–Kier alpha value is -2.42. The summed E-state index contributed by atoms with van der Waals surface area (Å²) in [5.74, 6) is -0.219. The topological polar surface area (TPSA) is 43.4 Å². The Morgan fingerprint density at radius 2 is 1.65 bits per heavy atom. The van der Waals surface area contributed by atoms with Crippen molar-refractivity contribution >= 4 is 12.3 Å². The van der Waals surface area contributed by atoms with E-state index in [0.29, 0.717) is 5.56 Å². The van der Waals surface area contributed by atoms with E-state index in [0.717, 1.165) is 29.4 Å². The predicted molar refractivity (Wildman–Crippen MR) is 90.6 cm³/mol. The van der Waals surface area contributed by atoms with E-state index >= 15 is 0 Å². The third-order valence-electron chi connectivity index (χ3n) is 3.29. The molecule has 0 unspecified atom stereocenters. The fourth-order valence-electron chi connectivity index (χ4n) is 2.33. The van der Waals surface area contributed by atoms with E-state index in [2.05, 4.69) is 0 Å². The van der Waals surface area contributed by atoms with Gasteiger partial charge in [0, 0.05) is 5.56 Å². The average Bonchev–Trinajstić information content (AvgIpc) is 2.47. The monoisotopic (exact) mass is 310 g/mol. The fourth-order valence-corrected chi connectivity index (χ4v) is 2.33. The summed E-state index contributed by atoms with van der Waals surface area (Å²) in [6, 6.07) is 15.5. The van der Waals surface area contributed by atoms with Crippen LogP contribution >= 0.6 is 0 Å². The van der Waals surface area contributed by atoms with E-state index in [1.807, 2.05) is 63.2 Å². The van der Waals surface area contributed by atoms with Crippen molar-refractivity contribution < 1.29 is 14.3 Å². The van der Waals surface area contributed by atoms with Crippen LogP contribution in [0.5, 0.6) is 0 Å². The van der Waals surface area contributed by atoms with Crippen LogP contribution in [-0.2, 0) is 22.4 Å². The molecule has 0 radical (unpaired) electrons. The third-order valence-corrected chi connectivity index (χ3v) is 3.29. The first-order valence-corrected chi connectivity index (χ1v) is 7.69. The van der Waals surface area contributed by atoms with Crippen LogP contribution < -0.4 is 0 Å². The van der Waals surface area contributed by atoms with Crippen molar-refractivity contribution in [1.82, 2.24) is 0 Å². The smallest absolute Gasteiger partial charge is 0.310 e. The molecule has 0 aliphatic heterocycles. The summed E-state index contributed by atoms with van der Waals surface area (Å²) in [6.07, 6.45) is 1.89. The van der Waals surface area contributed by atoms with Crippen LogP contribution in [0, 0.1) is 0 Å². The number of rotatable bonds is 5. The number of aldehydes is 1. The van der Waals surface area contributed by atoms with Gasteiger partial charge in [-0.2, -0.15) is 0 Å². The molecule has 0 aliphatic rings. The van der Waals surface area contributed by atoms with Gasteiger partial charge in [0.15, 0.2) is 0 Å². The second kappa shape index (κ2) is 7.23. The van der Waals surface area contributed by atoms with Gasteiger partial charge < -0.3 is 4.74 Å². The molecule has 0 heterocycles. The molecular formula is C20H22O3. The molecule has 0 aliphatic carbocycles. The van der Waals surface area contributed by atoms with Crippen molar-refractivity contribution in [2.75, 3.05) is 0 Å². The summed E-state index contributed by atoms with van der Waals surface area (Å²) in [7, 11) is 0. The van der Waals surface area contributed by atoms with Crippen LogP contribution in [0.25, 0.3) is 0 Å². The highest BCUT2D eigenvalue weighted by Gasteiger charge is 2.16. The molecule has 3 heteroatoms. The van der Waals surface area contributed by atoms with E-state index in [1.165, 1.54) is 0 Å². The normalized spacial score (nSPS) is 11.1. The minimum absolute atomic E-state index is 0.219. The van der Waals surface area contributed by atoms with Gasteiger partial charge in [0.25, 0.3) is 0 Å². The highest BCUT2D eigenvalue weighted by atomic mass is 16.6. The minimum Gasteiger partial charge on any atom is -0.460 e. The first kappa shape index (κ1) is 16.9. The van der Waals surface area contributed by atoms with Crippen molar-refractivity contribution in [3.05, 3.63) is 70.8 Å². The van der Waals surface area contributed by atoms with Gasteiger partial charge in [-0.1, -0.05) is 42.5 Å². The Bertz CT molecular complexity index is 679. The predicted octanol–water partition coefficient (Wildman–Crippen LogP) is 3.97. The Morgan fingerprint density at radius 3 is 2.26 bits per heavy atom. The van der Waals surface area contributed by atoms with E-state index in [9.17, 15) is 9.59 Å². The Kier molecular flexibility index (Phi) is 5.32. The summed E-state index contributed by atoms with van der Waals surface area (Å²) in [5, 5.41) is 0. The lowest BCUT2D eigenvalue weighted by atomic mass is 10.0.